The Kier molecular flexibility index (Phi) is 10.2. The Bertz CT molecular complexity index is 1520. The Balaban J connectivity index is 2.03. The van der Waals surface area contributed by atoms with Gasteiger partial charge in [0.2, 0.25) is 6.79 Å². The second kappa shape index (κ2) is 13.2. The van der Waals surface area contributed by atoms with Crippen LogP contribution in [-0.4, -0.2) is 58.3 Å². The van der Waals surface area contributed by atoms with Crippen LogP contribution in [0.25, 0.3) is 0 Å². The van der Waals surface area contributed by atoms with Gasteiger partial charge >= 0.3 is 12.1 Å². The van der Waals surface area contributed by atoms with E-state index in [2.05, 4.69) is 4.98 Å². The summed E-state index contributed by atoms with van der Waals surface area (Å²) < 4.78 is 15.6. The van der Waals surface area contributed by atoms with Crippen LogP contribution in [0.15, 0.2) is 48.5 Å². The topological polar surface area (TPSA) is 115 Å². The van der Waals surface area contributed by atoms with E-state index < -0.39 is 36.2 Å². The number of imide groups is 1. The number of esters is 1. The molecule has 10 nitrogen and oxygen atoms in total. The van der Waals surface area contributed by atoms with Gasteiger partial charge in [0.1, 0.15) is 10.9 Å². The van der Waals surface area contributed by atoms with E-state index in [1.54, 1.807) is 52.0 Å². The number of benzene rings is 2. The van der Waals surface area contributed by atoms with Crippen molar-refractivity contribution in [2.75, 3.05) is 13.9 Å². The van der Waals surface area contributed by atoms with Crippen LogP contribution < -0.4 is 4.74 Å². The third-order valence-corrected chi connectivity index (χ3v) is 6.49. The number of rotatable bonds is 6. The van der Waals surface area contributed by atoms with E-state index in [0.29, 0.717) is 16.3 Å². The lowest BCUT2D eigenvalue weighted by Crippen LogP contribution is -2.60. The molecule has 1 aromatic heterocycles. The molecule has 0 aliphatic carbocycles. The van der Waals surface area contributed by atoms with Crippen molar-refractivity contribution in [1.82, 2.24) is 15.0 Å². The summed E-state index contributed by atoms with van der Waals surface area (Å²) >= 11 is 11.8. The summed E-state index contributed by atoms with van der Waals surface area (Å²) in [6, 6.07) is 12.7. The third-order valence-electron chi connectivity index (χ3n) is 5.97. The molecule has 0 bridgehead atoms. The normalized spacial score (nSPS) is 11.0. The number of aromatic nitrogens is 1. The number of amides is 3. The molecule has 12 heteroatoms. The van der Waals surface area contributed by atoms with E-state index in [0.717, 1.165) is 16.1 Å². The first-order valence-electron chi connectivity index (χ1n) is 12.7. The minimum absolute atomic E-state index is 0.000470. The van der Waals surface area contributed by atoms with Crippen molar-refractivity contribution in [2.24, 2.45) is 0 Å². The lowest BCUT2D eigenvalue weighted by atomic mass is 10.0. The molecule has 0 spiro atoms. The summed E-state index contributed by atoms with van der Waals surface area (Å²) in [6.07, 6.45) is -1.27. The number of hydrogen-bond donors (Lipinski definition) is 0. The molecule has 0 atom stereocenters. The molecular weight excluding hydrogens is 585 g/mol. The molecule has 3 rings (SSSR count). The zero-order chi connectivity index (χ0) is 31.4. The van der Waals surface area contributed by atoms with Crippen LogP contribution in [-0.2, 0) is 9.47 Å². The number of hydrazine groups is 1. The summed E-state index contributed by atoms with van der Waals surface area (Å²) in [5.41, 5.74) is 1.01. The lowest BCUT2D eigenvalue weighted by molar-refractivity contribution is -0.0586. The molecule has 0 N–H and O–H groups in total. The maximum Gasteiger partial charge on any atom is 0.439 e. The summed E-state index contributed by atoms with van der Waals surface area (Å²) in [4.78, 5) is 58.0. The van der Waals surface area contributed by atoms with Gasteiger partial charge in [-0.3, -0.25) is 9.59 Å². The van der Waals surface area contributed by atoms with Crippen LogP contribution in [0.5, 0.6) is 5.75 Å². The van der Waals surface area contributed by atoms with Crippen molar-refractivity contribution in [3.63, 3.8) is 0 Å². The maximum atomic E-state index is 14.1. The molecule has 3 amide bonds. The van der Waals surface area contributed by atoms with Gasteiger partial charge in [-0.05, 0) is 77.9 Å². The third kappa shape index (κ3) is 7.37. The van der Waals surface area contributed by atoms with Gasteiger partial charge in [-0.1, -0.05) is 46.5 Å². The SMILES string of the molecule is COc1cccc(C(=O)N(C(=O)OCOC(=O)c2nc(Cl)ccc2Cl)N(C(=O)c2cc(C)cc(C)c2)C(C)(C)C)c1C. The summed E-state index contributed by atoms with van der Waals surface area (Å²) in [6.45, 7) is 9.37. The number of carbonyl (C=O) groups is 4. The summed E-state index contributed by atoms with van der Waals surface area (Å²) in [7, 11) is 1.45. The number of nitrogens with zero attached hydrogens (tertiary/aromatic N) is 3. The van der Waals surface area contributed by atoms with Crippen LogP contribution in [0.1, 0.15) is 68.7 Å². The van der Waals surface area contributed by atoms with Gasteiger partial charge < -0.3 is 14.2 Å². The largest absolute Gasteiger partial charge is 0.496 e. The minimum atomic E-state index is -1.27. The van der Waals surface area contributed by atoms with Gasteiger partial charge in [-0.2, -0.15) is 0 Å². The Morgan fingerprint density at radius 1 is 0.881 bits per heavy atom. The zero-order valence-corrected chi connectivity index (χ0v) is 25.8. The van der Waals surface area contributed by atoms with Gasteiger partial charge in [0.25, 0.3) is 11.8 Å². The molecule has 222 valence electrons. The van der Waals surface area contributed by atoms with E-state index in [9.17, 15) is 19.2 Å². The fourth-order valence-corrected chi connectivity index (χ4v) is 4.51. The number of aryl methyl sites for hydroxylation is 2. The zero-order valence-electron chi connectivity index (χ0n) is 24.3. The molecule has 0 saturated carbocycles. The highest BCUT2D eigenvalue weighted by Crippen LogP contribution is 2.28. The fourth-order valence-electron chi connectivity index (χ4n) is 4.18. The van der Waals surface area contributed by atoms with Gasteiger partial charge in [0, 0.05) is 16.7 Å². The van der Waals surface area contributed by atoms with Crippen LogP contribution >= 0.6 is 23.2 Å². The number of ether oxygens (including phenoxy) is 3. The highest BCUT2D eigenvalue weighted by Gasteiger charge is 2.41. The molecule has 0 aliphatic rings. The molecule has 42 heavy (non-hydrogen) atoms. The minimum Gasteiger partial charge on any atom is -0.496 e. The van der Waals surface area contributed by atoms with Crippen molar-refractivity contribution in [1.29, 1.82) is 0 Å². The molecule has 3 aromatic rings. The van der Waals surface area contributed by atoms with Crippen LogP contribution in [0.2, 0.25) is 10.2 Å². The predicted octanol–water partition coefficient (Wildman–Crippen LogP) is 6.57. The van der Waals surface area contributed by atoms with Crippen molar-refractivity contribution in [2.45, 2.75) is 47.1 Å². The number of carbonyl (C=O) groups excluding carboxylic acids is 4. The van der Waals surface area contributed by atoms with Gasteiger partial charge in [-0.15, -0.1) is 5.01 Å². The molecule has 0 saturated heterocycles. The van der Waals surface area contributed by atoms with Crippen molar-refractivity contribution in [3.8, 4) is 5.75 Å². The van der Waals surface area contributed by atoms with Crippen molar-refractivity contribution in [3.05, 3.63) is 92.2 Å². The molecule has 1 heterocycles. The second-order valence-corrected chi connectivity index (χ2v) is 11.1. The van der Waals surface area contributed by atoms with Crippen molar-refractivity contribution >= 4 is 47.1 Å². The average molecular weight is 616 g/mol. The molecule has 0 radical (unpaired) electrons. The lowest BCUT2D eigenvalue weighted by Gasteiger charge is -2.41. The highest BCUT2D eigenvalue weighted by molar-refractivity contribution is 6.34. The standard InChI is InChI=1S/C30H31Cl2N3O7/c1-17-13-18(2)15-20(14-17)26(36)35(30(4,5)6)34(27(37)21-9-8-10-23(40-7)19(21)3)29(39)42-16-41-28(38)25-22(31)11-12-24(32)33-25/h8-15H,16H2,1-7H3. The molecule has 0 fully saturated rings. The van der Waals surface area contributed by atoms with E-state index in [-0.39, 0.29) is 27.0 Å². The second-order valence-electron chi connectivity index (χ2n) is 10.3. The summed E-state index contributed by atoms with van der Waals surface area (Å²) in [5.74, 6) is -2.12. The molecule has 2 aromatic carbocycles. The Hall–Kier alpha value is -4.15. The average Bonchev–Trinajstić information content (AvgIpc) is 2.91. The van der Waals surface area contributed by atoms with E-state index in [1.165, 1.54) is 25.3 Å². The molecule has 0 unspecified atom stereocenters. The fraction of sp³-hybridized carbons (Fsp3) is 0.300. The van der Waals surface area contributed by atoms with Crippen molar-refractivity contribution < 1.29 is 33.4 Å². The quantitative estimate of drug-likeness (QED) is 0.132. The smallest absolute Gasteiger partial charge is 0.439 e. The number of methoxy groups -OCH3 is 1. The highest BCUT2D eigenvalue weighted by atomic mass is 35.5. The first-order chi connectivity index (χ1) is 19.6. The predicted molar refractivity (Wildman–Crippen MR) is 157 cm³/mol. The number of halogens is 2. The van der Waals surface area contributed by atoms with E-state index >= 15 is 0 Å². The van der Waals surface area contributed by atoms with Gasteiger partial charge in [0.15, 0.2) is 5.69 Å². The Labute approximate surface area is 254 Å². The van der Waals surface area contributed by atoms with Gasteiger partial charge in [-0.25, -0.2) is 19.6 Å². The Morgan fingerprint density at radius 2 is 1.52 bits per heavy atom. The number of pyridine rings is 1. The maximum absolute atomic E-state index is 14.1. The monoisotopic (exact) mass is 615 g/mol. The first kappa shape index (κ1) is 32.4. The van der Waals surface area contributed by atoms with Crippen LogP contribution in [0.3, 0.4) is 0 Å². The summed E-state index contributed by atoms with van der Waals surface area (Å²) in [5, 5.41) is 1.58. The first-order valence-corrected chi connectivity index (χ1v) is 13.5. The van der Waals surface area contributed by atoms with Gasteiger partial charge in [0.05, 0.1) is 17.7 Å². The molecule has 0 aliphatic heterocycles. The van der Waals surface area contributed by atoms with Crippen LogP contribution in [0, 0.1) is 20.8 Å². The molecular formula is C30H31Cl2N3O7. The Morgan fingerprint density at radius 3 is 2.12 bits per heavy atom. The van der Waals surface area contributed by atoms with E-state index in [4.69, 9.17) is 37.4 Å². The number of hydrogen-bond acceptors (Lipinski definition) is 8. The van der Waals surface area contributed by atoms with E-state index in [1.807, 2.05) is 19.9 Å². The van der Waals surface area contributed by atoms with Crippen LogP contribution in [0.4, 0.5) is 4.79 Å².